The van der Waals surface area contributed by atoms with E-state index < -0.39 is 23.7 Å². The van der Waals surface area contributed by atoms with Gasteiger partial charge in [0.1, 0.15) is 5.82 Å². The van der Waals surface area contributed by atoms with E-state index in [9.17, 15) is 17.6 Å². The molecule has 18 heavy (non-hydrogen) atoms. The quantitative estimate of drug-likeness (QED) is 0.787. The lowest BCUT2D eigenvalue weighted by Gasteiger charge is -2.29. The maximum absolute atomic E-state index is 13.1. The minimum atomic E-state index is -4.69. The van der Waals surface area contributed by atoms with Crippen molar-refractivity contribution in [3.8, 4) is 0 Å². The maximum Gasteiger partial charge on any atom is 0.419 e. The van der Waals surface area contributed by atoms with E-state index in [-0.39, 0.29) is 6.10 Å². The van der Waals surface area contributed by atoms with Gasteiger partial charge in [0.05, 0.1) is 17.8 Å². The molecule has 2 rings (SSSR count). The third-order valence-corrected chi connectivity index (χ3v) is 2.83. The number of benzene rings is 1. The molecule has 1 aromatic carbocycles. The van der Waals surface area contributed by atoms with Gasteiger partial charge < -0.3 is 10.1 Å². The van der Waals surface area contributed by atoms with Gasteiger partial charge >= 0.3 is 6.18 Å². The monoisotopic (exact) mass is 263 g/mol. The summed E-state index contributed by atoms with van der Waals surface area (Å²) >= 11 is 0. The van der Waals surface area contributed by atoms with Crippen molar-refractivity contribution in [2.45, 2.75) is 25.3 Å². The van der Waals surface area contributed by atoms with Crippen molar-refractivity contribution < 1.29 is 22.3 Å². The van der Waals surface area contributed by atoms with E-state index in [2.05, 4.69) is 5.32 Å². The largest absolute Gasteiger partial charge is 0.419 e. The van der Waals surface area contributed by atoms with Crippen LogP contribution in [-0.4, -0.2) is 19.2 Å². The van der Waals surface area contributed by atoms with Crippen LogP contribution in [0.5, 0.6) is 0 Å². The van der Waals surface area contributed by atoms with Crippen LogP contribution in [0.2, 0.25) is 0 Å². The predicted molar refractivity (Wildman–Crippen MR) is 57.6 cm³/mol. The summed E-state index contributed by atoms with van der Waals surface area (Å²) in [5, 5.41) is 3.06. The van der Waals surface area contributed by atoms with Gasteiger partial charge in [-0.15, -0.1) is 0 Å². The van der Waals surface area contributed by atoms with Crippen LogP contribution in [-0.2, 0) is 10.9 Å². The summed E-state index contributed by atoms with van der Waals surface area (Å²) in [7, 11) is 0. The van der Waals surface area contributed by atoms with E-state index in [1.165, 1.54) is 6.07 Å². The lowest BCUT2D eigenvalue weighted by atomic mass is 10.0. The molecule has 100 valence electrons. The van der Waals surface area contributed by atoms with Crippen LogP contribution in [0.1, 0.15) is 24.2 Å². The zero-order chi connectivity index (χ0) is 13.3. The molecule has 6 heteroatoms. The van der Waals surface area contributed by atoms with Gasteiger partial charge in [-0.3, -0.25) is 0 Å². The predicted octanol–water partition coefficient (Wildman–Crippen LogP) is 2.89. The Bertz CT molecular complexity index is 433. The van der Waals surface area contributed by atoms with Crippen LogP contribution in [0.4, 0.5) is 17.6 Å². The van der Waals surface area contributed by atoms with Gasteiger partial charge in [-0.2, -0.15) is 13.2 Å². The number of alkyl halides is 3. The first-order valence-corrected chi connectivity index (χ1v) is 5.60. The van der Waals surface area contributed by atoms with Crippen molar-refractivity contribution in [3.63, 3.8) is 0 Å². The molecule has 0 aliphatic carbocycles. The topological polar surface area (TPSA) is 21.3 Å². The second-order valence-corrected chi connectivity index (χ2v) is 4.33. The van der Waals surface area contributed by atoms with E-state index >= 15 is 0 Å². The Morgan fingerprint density at radius 3 is 2.61 bits per heavy atom. The fourth-order valence-electron chi connectivity index (χ4n) is 1.95. The number of morpholine rings is 1. The van der Waals surface area contributed by atoms with Crippen molar-refractivity contribution in [2.75, 3.05) is 13.1 Å². The van der Waals surface area contributed by atoms with Crippen LogP contribution in [0, 0.1) is 5.82 Å². The van der Waals surface area contributed by atoms with Crippen LogP contribution >= 0.6 is 0 Å². The van der Waals surface area contributed by atoms with Gasteiger partial charge in [-0.25, -0.2) is 4.39 Å². The molecule has 2 unspecified atom stereocenters. The molecule has 1 fully saturated rings. The molecule has 1 heterocycles. The van der Waals surface area contributed by atoms with Gasteiger partial charge in [0.25, 0.3) is 0 Å². The highest BCUT2D eigenvalue weighted by Crippen LogP contribution is 2.34. The molecule has 0 spiro atoms. The minimum absolute atomic E-state index is 0.0804. The third-order valence-electron chi connectivity index (χ3n) is 2.83. The van der Waals surface area contributed by atoms with E-state index in [0.29, 0.717) is 18.7 Å². The molecule has 2 atom stereocenters. The molecule has 0 amide bonds. The molecule has 1 saturated heterocycles. The molecule has 1 aromatic rings. The summed E-state index contributed by atoms with van der Waals surface area (Å²) in [4.78, 5) is 0. The number of hydrogen-bond acceptors (Lipinski definition) is 2. The SMILES string of the molecule is CC1CNCC(c2ccc(F)c(C(F)(F)F)c2)O1. The Kier molecular flexibility index (Phi) is 3.59. The van der Waals surface area contributed by atoms with Gasteiger partial charge in [-0.1, -0.05) is 6.07 Å². The Morgan fingerprint density at radius 2 is 2.00 bits per heavy atom. The molecule has 0 bridgehead atoms. The van der Waals surface area contributed by atoms with E-state index in [0.717, 1.165) is 12.1 Å². The molecular formula is C12H13F4NO. The highest BCUT2D eigenvalue weighted by molar-refractivity contribution is 5.29. The number of rotatable bonds is 1. The van der Waals surface area contributed by atoms with E-state index in [4.69, 9.17) is 4.74 Å². The minimum Gasteiger partial charge on any atom is -0.368 e. The molecule has 2 nitrogen and oxygen atoms in total. The molecule has 0 aromatic heterocycles. The Balaban J connectivity index is 2.29. The Hall–Kier alpha value is -1.14. The van der Waals surface area contributed by atoms with Gasteiger partial charge in [-0.05, 0) is 24.6 Å². The third kappa shape index (κ3) is 2.81. The summed E-state index contributed by atoms with van der Waals surface area (Å²) < 4.78 is 56.4. The second kappa shape index (κ2) is 4.85. The first-order chi connectivity index (χ1) is 8.38. The fraction of sp³-hybridized carbons (Fsp3) is 0.500. The summed E-state index contributed by atoms with van der Waals surface area (Å²) in [6.07, 6.45) is -5.24. The zero-order valence-corrected chi connectivity index (χ0v) is 9.72. The number of halogens is 4. The molecule has 1 aliphatic rings. The Labute approximate surface area is 102 Å². The van der Waals surface area contributed by atoms with Crippen LogP contribution in [0.25, 0.3) is 0 Å². The van der Waals surface area contributed by atoms with Crippen LogP contribution in [0.15, 0.2) is 18.2 Å². The zero-order valence-electron chi connectivity index (χ0n) is 9.72. The molecule has 0 radical (unpaired) electrons. The molecule has 0 saturated carbocycles. The number of ether oxygens (including phenoxy) is 1. The highest BCUT2D eigenvalue weighted by Gasteiger charge is 2.35. The molecule has 1 aliphatic heterocycles. The normalized spacial score (nSPS) is 25.2. The van der Waals surface area contributed by atoms with Crippen LogP contribution < -0.4 is 5.32 Å². The lowest BCUT2D eigenvalue weighted by Crippen LogP contribution is -2.39. The van der Waals surface area contributed by atoms with Gasteiger partial charge in [0, 0.05) is 13.1 Å². The van der Waals surface area contributed by atoms with Crippen molar-refractivity contribution >= 4 is 0 Å². The first-order valence-electron chi connectivity index (χ1n) is 5.60. The van der Waals surface area contributed by atoms with Gasteiger partial charge in [0.15, 0.2) is 0 Å². The standard InChI is InChI=1S/C12H13F4NO/c1-7-5-17-6-11(18-7)8-2-3-10(13)9(4-8)12(14,15)16/h2-4,7,11,17H,5-6H2,1H3. The smallest absolute Gasteiger partial charge is 0.368 e. The molecular weight excluding hydrogens is 250 g/mol. The average Bonchev–Trinajstić information content (AvgIpc) is 2.28. The van der Waals surface area contributed by atoms with Gasteiger partial charge in [0.2, 0.25) is 0 Å². The number of hydrogen-bond donors (Lipinski definition) is 1. The Morgan fingerprint density at radius 1 is 1.28 bits per heavy atom. The summed E-state index contributed by atoms with van der Waals surface area (Å²) in [6.45, 7) is 2.91. The summed E-state index contributed by atoms with van der Waals surface area (Å²) in [5.41, 5.74) is -0.912. The first kappa shape index (κ1) is 13.3. The fourth-order valence-corrected chi connectivity index (χ4v) is 1.95. The summed E-state index contributed by atoms with van der Waals surface area (Å²) in [6, 6.07) is 2.98. The lowest BCUT2D eigenvalue weighted by molar-refractivity contribution is -0.140. The van der Waals surface area contributed by atoms with Crippen LogP contribution in [0.3, 0.4) is 0 Å². The summed E-state index contributed by atoms with van der Waals surface area (Å²) in [5.74, 6) is -1.26. The van der Waals surface area contributed by atoms with E-state index in [1.807, 2.05) is 6.92 Å². The maximum atomic E-state index is 13.1. The van der Waals surface area contributed by atoms with Crippen molar-refractivity contribution in [1.29, 1.82) is 0 Å². The average molecular weight is 263 g/mol. The number of nitrogens with one attached hydrogen (secondary N) is 1. The van der Waals surface area contributed by atoms with Crippen molar-refractivity contribution in [1.82, 2.24) is 5.32 Å². The second-order valence-electron chi connectivity index (χ2n) is 4.33. The van der Waals surface area contributed by atoms with Crippen molar-refractivity contribution in [3.05, 3.63) is 35.1 Å². The van der Waals surface area contributed by atoms with E-state index in [1.54, 1.807) is 0 Å². The molecule has 1 N–H and O–H groups in total. The van der Waals surface area contributed by atoms with Crippen molar-refractivity contribution in [2.24, 2.45) is 0 Å². The highest BCUT2D eigenvalue weighted by atomic mass is 19.4.